The number of carbonyl (C=O) groups excluding carboxylic acids is 1. The van der Waals surface area contributed by atoms with Crippen molar-refractivity contribution in [3.8, 4) is 11.3 Å². The van der Waals surface area contributed by atoms with E-state index < -0.39 is 40.7 Å². The Morgan fingerprint density at radius 3 is 2.35 bits per heavy atom. The zero-order valence-electron chi connectivity index (χ0n) is 20.5. The lowest BCUT2D eigenvalue weighted by Gasteiger charge is -2.45. The van der Waals surface area contributed by atoms with E-state index in [0.29, 0.717) is 37.4 Å². The first-order chi connectivity index (χ1) is 17.4. The molecule has 2 fully saturated rings. The summed E-state index contributed by atoms with van der Waals surface area (Å²) >= 11 is 0. The molecule has 1 N–H and O–H groups in total. The lowest BCUT2D eigenvalue weighted by Crippen LogP contribution is -2.63. The van der Waals surface area contributed by atoms with Gasteiger partial charge in [-0.15, -0.1) is 0 Å². The number of rotatable bonds is 5. The van der Waals surface area contributed by atoms with Crippen molar-refractivity contribution in [2.75, 3.05) is 24.5 Å². The van der Waals surface area contributed by atoms with Crippen LogP contribution in [-0.2, 0) is 16.8 Å². The third-order valence-corrected chi connectivity index (χ3v) is 6.58. The van der Waals surface area contributed by atoms with Crippen LogP contribution in [0.3, 0.4) is 0 Å². The van der Waals surface area contributed by atoms with Gasteiger partial charge < -0.3 is 9.84 Å². The third kappa shape index (κ3) is 4.43. The van der Waals surface area contributed by atoms with Crippen LogP contribution in [0.15, 0.2) is 42.6 Å². The maximum absolute atomic E-state index is 14.7. The van der Waals surface area contributed by atoms with Gasteiger partial charge in [-0.05, 0) is 57.2 Å². The molecule has 37 heavy (non-hydrogen) atoms. The topological polar surface area (TPSA) is 87.9 Å². The first-order valence-corrected chi connectivity index (χ1v) is 11.7. The molecule has 1 amide bonds. The number of carboxylic acid groups (broad SMARTS) is 1. The second kappa shape index (κ2) is 8.62. The summed E-state index contributed by atoms with van der Waals surface area (Å²) in [7, 11) is 0. The summed E-state index contributed by atoms with van der Waals surface area (Å²) in [6, 6.07) is 8.02. The first-order valence-electron chi connectivity index (χ1n) is 11.7. The van der Waals surface area contributed by atoms with Gasteiger partial charge in [0.2, 0.25) is 0 Å². The standard InChI is InChI=1S/C26H25F3N4O4/c1-25(2,3)33-11-16(22(30-33)18-8-9-19(27)21(29)20(18)28)10-31-12-26(13-31)14-32(24(36)37-26)17-6-4-15(5-7-17)23(34)35/h4-9,11H,10,12-14H2,1-3H3,(H,34,35). The van der Waals surface area contributed by atoms with E-state index in [9.17, 15) is 22.8 Å². The summed E-state index contributed by atoms with van der Waals surface area (Å²) in [5, 5.41) is 13.6. The molecule has 11 heteroatoms. The molecule has 1 spiro atoms. The molecule has 0 aliphatic carbocycles. The van der Waals surface area contributed by atoms with E-state index in [1.54, 1.807) is 23.0 Å². The largest absolute Gasteiger partial charge is 0.478 e. The van der Waals surface area contributed by atoms with E-state index in [1.165, 1.54) is 23.1 Å². The number of ether oxygens (including phenoxy) is 1. The molecular formula is C26H25F3N4O4. The number of hydrogen-bond acceptors (Lipinski definition) is 5. The lowest BCUT2D eigenvalue weighted by atomic mass is 9.93. The Labute approximate surface area is 210 Å². The fourth-order valence-electron chi connectivity index (χ4n) is 4.70. The van der Waals surface area contributed by atoms with Gasteiger partial charge in [-0.2, -0.15) is 5.10 Å². The minimum absolute atomic E-state index is 0.116. The van der Waals surface area contributed by atoms with Crippen LogP contribution >= 0.6 is 0 Å². The summed E-state index contributed by atoms with van der Waals surface area (Å²) in [6.45, 7) is 7.19. The van der Waals surface area contributed by atoms with E-state index in [1.807, 2.05) is 25.7 Å². The maximum Gasteiger partial charge on any atom is 0.415 e. The van der Waals surface area contributed by atoms with E-state index in [0.717, 1.165) is 6.07 Å². The van der Waals surface area contributed by atoms with Gasteiger partial charge in [-0.1, -0.05) is 0 Å². The van der Waals surface area contributed by atoms with Crippen LogP contribution in [0, 0.1) is 17.5 Å². The predicted octanol–water partition coefficient (Wildman–Crippen LogP) is 4.63. The monoisotopic (exact) mass is 514 g/mol. The number of carboxylic acids is 1. The third-order valence-electron chi connectivity index (χ3n) is 6.58. The van der Waals surface area contributed by atoms with Gasteiger partial charge in [0.25, 0.3) is 0 Å². The van der Waals surface area contributed by atoms with E-state index in [2.05, 4.69) is 5.10 Å². The SMILES string of the molecule is CC(C)(C)n1cc(CN2CC3(C2)CN(c2ccc(C(=O)O)cc2)C(=O)O3)c(-c2ccc(F)c(F)c2F)n1. The molecule has 2 saturated heterocycles. The fourth-order valence-corrected chi connectivity index (χ4v) is 4.70. The Morgan fingerprint density at radius 2 is 1.73 bits per heavy atom. The van der Waals surface area contributed by atoms with Crippen LogP contribution in [0.1, 0.15) is 36.7 Å². The van der Waals surface area contributed by atoms with Crippen LogP contribution < -0.4 is 4.90 Å². The molecule has 8 nitrogen and oxygen atoms in total. The fraction of sp³-hybridized carbons (Fsp3) is 0.346. The van der Waals surface area contributed by atoms with Crippen LogP contribution in [0.4, 0.5) is 23.7 Å². The second-order valence-electron chi connectivity index (χ2n) is 10.5. The van der Waals surface area contributed by atoms with Crippen molar-refractivity contribution in [2.45, 2.75) is 38.5 Å². The van der Waals surface area contributed by atoms with Crippen LogP contribution in [0.2, 0.25) is 0 Å². The molecule has 2 aliphatic rings. The normalized spacial score (nSPS) is 17.2. The van der Waals surface area contributed by atoms with Crippen molar-refractivity contribution in [1.29, 1.82) is 0 Å². The van der Waals surface area contributed by atoms with Gasteiger partial charge >= 0.3 is 12.1 Å². The highest BCUT2D eigenvalue weighted by Gasteiger charge is 2.54. The lowest BCUT2D eigenvalue weighted by molar-refractivity contribution is -0.0763. The Bertz CT molecular complexity index is 1390. The Balaban J connectivity index is 1.34. The molecule has 0 bridgehead atoms. The highest BCUT2D eigenvalue weighted by Crippen LogP contribution is 2.37. The van der Waals surface area contributed by atoms with Crippen molar-refractivity contribution in [1.82, 2.24) is 14.7 Å². The number of aromatic nitrogens is 2. The summed E-state index contributed by atoms with van der Waals surface area (Å²) in [6.07, 6.45) is 1.24. The molecule has 3 aromatic rings. The van der Waals surface area contributed by atoms with Gasteiger partial charge in [-0.25, -0.2) is 22.8 Å². The summed E-state index contributed by atoms with van der Waals surface area (Å²) < 4.78 is 49.5. The molecule has 2 aliphatic heterocycles. The van der Waals surface area contributed by atoms with Crippen molar-refractivity contribution >= 4 is 17.7 Å². The number of amides is 1. The van der Waals surface area contributed by atoms with Gasteiger partial charge in [0.1, 0.15) is 0 Å². The van der Waals surface area contributed by atoms with Crippen molar-refractivity contribution < 1.29 is 32.6 Å². The highest BCUT2D eigenvalue weighted by molar-refractivity contribution is 5.92. The molecule has 2 aromatic carbocycles. The zero-order chi connectivity index (χ0) is 26.7. The summed E-state index contributed by atoms with van der Waals surface area (Å²) in [4.78, 5) is 27.1. The van der Waals surface area contributed by atoms with Crippen LogP contribution in [-0.4, -0.2) is 57.1 Å². The number of aromatic carboxylic acids is 1. The van der Waals surface area contributed by atoms with Crippen molar-refractivity contribution in [2.24, 2.45) is 0 Å². The summed E-state index contributed by atoms with van der Waals surface area (Å²) in [5.41, 5.74) is 0.190. The Kier molecular flexibility index (Phi) is 5.78. The predicted molar refractivity (Wildman–Crippen MR) is 128 cm³/mol. The number of anilines is 1. The molecule has 0 radical (unpaired) electrons. The first kappa shape index (κ1) is 24.8. The van der Waals surface area contributed by atoms with E-state index in [-0.39, 0.29) is 16.8 Å². The number of nitrogens with zero attached hydrogens (tertiary/aromatic N) is 4. The van der Waals surface area contributed by atoms with E-state index in [4.69, 9.17) is 9.84 Å². The van der Waals surface area contributed by atoms with Crippen LogP contribution in [0.25, 0.3) is 11.3 Å². The van der Waals surface area contributed by atoms with Gasteiger partial charge in [0.05, 0.1) is 23.3 Å². The maximum atomic E-state index is 14.7. The quantitative estimate of drug-likeness (QED) is 0.500. The molecule has 0 unspecified atom stereocenters. The molecule has 0 atom stereocenters. The molecule has 1 aromatic heterocycles. The zero-order valence-corrected chi connectivity index (χ0v) is 20.5. The van der Waals surface area contributed by atoms with Gasteiger partial charge in [-0.3, -0.25) is 14.5 Å². The van der Waals surface area contributed by atoms with Crippen molar-refractivity contribution in [3.63, 3.8) is 0 Å². The molecule has 0 saturated carbocycles. The number of likely N-dealkylation sites (tertiary alicyclic amines) is 1. The van der Waals surface area contributed by atoms with Gasteiger partial charge in [0, 0.05) is 42.6 Å². The molecule has 3 heterocycles. The van der Waals surface area contributed by atoms with Crippen molar-refractivity contribution in [3.05, 3.63) is 71.2 Å². The smallest absolute Gasteiger partial charge is 0.415 e. The molecule has 194 valence electrons. The number of halogens is 3. The minimum Gasteiger partial charge on any atom is -0.478 e. The van der Waals surface area contributed by atoms with E-state index >= 15 is 0 Å². The Hall–Kier alpha value is -3.86. The van der Waals surface area contributed by atoms with Crippen LogP contribution in [0.5, 0.6) is 0 Å². The number of carbonyl (C=O) groups is 2. The highest BCUT2D eigenvalue weighted by atomic mass is 19.2. The minimum atomic E-state index is -1.55. The molecular weight excluding hydrogens is 489 g/mol. The average molecular weight is 515 g/mol. The number of benzene rings is 2. The summed E-state index contributed by atoms with van der Waals surface area (Å²) in [5.74, 6) is -5.17. The molecule has 5 rings (SSSR count). The average Bonchev–Trinajstić information content (AvgIpc) is 3.39. The number of hydrogen-bond donors (Lipinski definition) is 1. The van der Waals surface area contributed by atoms with Gasteiger partial charge in [0.15, 0.2) is 23.1 Å². The Morgan fingerprint density at radius 1 is 1.05 bits per heavy atom. The second-order valence-corrected chi connectivity index (χ2v) is 10.5.